The fraction of sp³-hybridized carbons (Fsp3) is 0.455. The van der Waals surface area contributed by atoms with Crippen molar-refractivity contribution in [2.24, 2.45) is 5.73 Å². The van der Waals surface area contributed by atoms with Crippen molar-refractivity contribution in [3.05, 3.63) is 33.3 Å². The molecule has 84 valence electrons. The molecule has 2 nitrogen and oxygen atoms in total. The maximum absolute atomic E-state index is 6.07. The molecule has 0 spiro atoms. The van der Waals surface area contributed by atoms with Crippen molar-refractivity contribution in [1.29, 1.82) is 0 Å². The average Bonchev–Trinajstić information content (AvgIpc) is 2.14. The molecule has 1 rings (SSSR count). The van der Waals surface area contributed by atoms with E-state index in [1.54, 1.807) is 0 Å². The number of rotatable bonds is 4. The second kappa shape index (κ2) is 5.85. The van der Waals surface area contributed by atoms with Crippen molar-refractivity contribution in [3.8, 4) is 0 Å². The summed E-state index contributed by atoms with van der Waals surface area (Å²) >= 11 is 9.43. The monoisotopic (exact) mass is 291 g/mol. The van der Waals surface area contributed by atoms with Gasteiger partial charge in [-0.2, -0.15) is 0 Å². The van der Waals surface area contributed by atoms with Crippen LogP contribution in [0.1, 0.15) is 25.5 Å². The minimum atomic E-state index is -0.173. The first-order valence-electron chi connectivity index (χ1n) is 4.83. The molecule has 4 heteroatoms. The number of benzene rings is 1. The zero-order valence-electron chi connectivity index (χ0n) is 8.84. The Morgan fingerprint density at radius 3 is 2.67 bits per heavy atom. The van der Waals surface area contributed by atoms with Gasteiger partial charge in [0.2, 0.25) is 0 Å². The Morgan fingerprint density at radius 1 is 1.47 bits per heavy atom. The highest BCUT2D eigenvalue weighted by Gasteiger charge is 2.11. The zero-order valence-corrected chi connectivity index (χ0v) is 11.2. The van der Waals surface area contributed by atoms with Crippen LogP contribution in [-0.4, -0.2) is 12.7 Å². The summed E-state index contributed by atoms with van der Waals surface area (Å²) in [5.41, 5.74) is 6.89. The molecule has 0 bridgehead atoms. The Kier molecular flexibility index (Phi) is 5.06. The van der Waals surface area contributed by atoms with Gasteiger partial charge in [0.15, 0.2) is 0 Å². The van der Waals surface area contributed by atoms with E-state index in [2.05, 4.69) is 15.9 Å². The number of hydrogen-bond donors (Lipinski definition) is 1. The van der Waals surface area contributed by atoms with Gasteiger partial charge in [-0.1, -0.05) is 33.6 Å². The van der Waals surface area contributed by atoms with Gasteiger partial charge in [-0.25, -0.2) is 0 Å². The van der Waals surface area contributed by atoms with Crippen molar-refractivity contribution in [1.82, 2.24) is 0 Å². The predicted molar refractivity (Wildman–Crippen MR) is 67.2 cm³/mol. The third-order valence-electron chi connectivity index (χ3n) is 1.97. The summed E-state index contributed by atoms with van der Waals surface area (Å²) in [5, 5.41) is 0.671. The van der Waals surface area contributed by atoms with Crippen LogP contribution in [0.15, 0.2) is 22.7 Å². The smallest absolute Gasteiger partial charge is 0.0663 e. The van der Waals surface area contributed by atoms with Crippen LogP contribution in [0, 0.1) is 0 Å². The molecule has 1 atom stereocenters. The van der Waals surface area contributed by atoms with Gasteiger partial charge in [-0.15, -0.1) is 0 Å². The number of halogens is 2. The second-order valence-corrected chi connectivity index (χ2v) is 4.98. The van der Waals surface area contributed by atoms with Gasteiger partial charge in [-0.3, -0.25) is 0 Å². The Labute approximate surface area is 104 Å². The molecule has 1 aromatic rings. The van der Waals surface area contributed by atoms with Crippen LogP contribution in [0.2, 0.25) is 5.02 Å². The molecule has 0 amide bonds. The highest BCUT2D eigenvalue weighted by Crippen LogP contribution is 2.25. The lowest BCUT2D eigenvalue weighted by atomic mass is 10.1. The molecule has 2 N–H and O–H groups in total. The second-order valence-electron chi connectivity index (χ2n) is 3.65. The van der Waals surface area contributed by atoms with E-state index in [-0.39, 0.29) is 12.1 Å². The molecule has 0 heterocycles. The number of ether oxygens (including phenoxy) is 1. The van der Waals surface area contributed by atoms with Crippen molar-refractivity contribution < 1.29 is 4.74 Å². The lowest BCUT2D eigenvalue weighted by Crippen LogP contribution is -2.19. The van der Waals surface area contributed by atoms with E-state index in [9.17, 15) is 0 Å². The normalized spacial score (nSPS) is 13.2. The molecule has 0 aliphatic heterocycles. The number of hydrogen-bond acceptors (Lipinski definition) is 2. The van der Waals surface area contributed by atoms with Gasteiger partial charge in [0.25, 0.3) is 0 Å². The van der Waals surface area contributed by atoms with Gasteiger partial charge >= 0.3 is 0 Å². The van der Waals surface area contributed by atoms with Crippen molar-refractivity contribution in [3.63, 3.8) is 0 Å². The van der Waals surface area contributed by atoms with E-state index < -0.39 is 0 Å². The molecule has 0 aliphatic carbocycles. The van der Waals surface area contributed by atoms with E-state index in [1.165, 1.54) is 0 Å². The summed E-state index contributed by atoms with van der Waals surface area (Å²) in [6, 6.07) is 5.51. The van der Waals surface area contributed by atoms with Crippen LogP contribution in [0.25, 0.3) is 0 Å². The zero-order chi connectivity index (χ0) is 11.4. The summed E-state index contributed by atoms with van der Waals surface area (Å²) in [4.78, 5) is 0. The Balaban J connectivity index is 2.69. The average molecular weight is 293 g/mol. The molecule has 0 aliphatic rings. The summed E-state index contributed by atoms with van der Waals surface area (Å²) < 4.78 is 6.40. The minimum Gasteiger partial charge on any atom is -0.377 e. The van der Waals surface area contributed by atoms with E-state index in [0.717, 1.165) is 10.0 Å². The summed E-state index contributed by atoms with van der Waals surface area (Å²) in [6.07, 6.45) is 0.185. The number of nitrogens with two attached hydrogens (primary N) is 1. The maximum Gasteiger partial charge on any atom is 0.0663 e. The molecule has 0 fully saturated rings. The van der Waals surface area contributed by atoms with Crippen LogP contribution in [0.4, 0.5) is 0 Å². The van der Waals surface area contributed by atoms with E-state index in [0.29, 0.717) is 11.6 Å². The predicted octanol–water partition coefficient (Wildman–Crippen LogP) is 3.53. The van der Waals surface area contributed by atoms with Gasteiger partial charge in [0.1, 0.15) is 0 Å². The SMILES string of the molecule is CC(C)OCC(N)c1ccc(Br)cc1Cl. The Morgan fingerprint density at radius 2 is 2.13 bits per heavy atom. The van der Waals surface area contributed by atoms with Gasteiger partial charge < -0.3 is 10.5 Å². The molecule has 15 heavy (non-hydrogen) atoms. The fourth-order valence-corrected chi connectivity index (χ4v) is 2.00. The first-order chi connectivity index (χ1) is 7.00. The molecule has 0 radical (unpaired) electrons. The van der Waals surface area contributed by atoms with Crippen molar-refractivity contribution >= 4 is 27.5 Å². The Hall–Kier alpha value is -0.0900. The van der Waals surface area contributed by atoms with Crippen LogP contribution in [-0.2, 0) is 4.74 Å². The van der Waals surface area contributed by atoms with Gasteiger partial charge in [0, 0.05) is 9.50 Å². The molecule has 0 saturated carbocycles. The standard InChI is InChI=1S/C11H15BrClNO/c1-7(2)15-6-11(14)9-4-3-8(12)5-10(9)13/h3-5,7,11H,6,14H2,1-2H3. The fourth-order valence-electron chi connectivity index (χ4n) is 1.19. The van der Waals surface area contributed by atoms with E-state index in [4.69, 9.17) is 22.1 Å². The maximum atomic E-state index is 6.07. The van der Waals surface area contributed by atoms with Gasteiger partial charge in [-0.05, 0) is 31.5 Å². The largest absolute Gasteiger partial charge is 0.377 e. The van der Waals surface area contributed by atoms with Crippen LogP contribution in [0.5, 0.6) is 0 Å². The van der Waals surface area contributed by atoms with E-state index in [1.807, 2.05) is 32.0 Å². The quantitative estimate of drug-likeness (QED) is 0.921. The molecular weight excluding hydrogens is 277 g/mol. The third-order valence-corrected chi connectivity index (χ3v) is 2.79. The first-order valence-corrected chi connectivity index (χ1v) is 6.00. The van der Waals surface area contributed by atoms with Gasteiger partial charge in [0.05, 0.1) is 18.8 Å². The minimum absolute atomic E-state index is 0.173. The molecular formula is C11H15BrClNO. The summed E-state index contributed by atoms with van der Waals surface area (Å²) in [5.74, 6) is 0. The third kappa shape index (κ3) is 4.11. The summed E-state index contributed by atoms with van der Waals surface area (Å²) in [7, 11) is 0. The molecule has 0 saturated heterocycles. The van der Waals surface area contributed by atoms with Crippen LogP contribution >= 0.6 is 27.5 Å². The van der Waals surface area contributed by atoms with Crippen LogP contribution in [0.3, 0.4) is 0 Å². The highest BCUT2D eigenvalue weighted by molar-refractivity contribution is 9.10. The first kappa shape index (κ1) is 13.0. The Bertz CT molecular complexity index is 330. The molecule has 1 unspecified atom stereocenters. The highest BCUT2D eigenvalue weighted by atomic mass is 79.9. The molecule has 0 aromatic heterocycles. The van der Waals surface area contributed by atoms with E-state index >= 15 is 0 Å². The lowest BCUT2D eigenvalue weighted by Gasteiger charge is -2.16. The summed E-state index contributed by atoms with van der Waals surface area (Å²) in [6.45, 7) is 4.45. The van der Waals surface area contributed by atoms with Crippen molar-refractivity contribution in [2.75, 3.05) is 6.61 Å². The topological polar surface area (TPSA) is 35.2 Å². The molecule has 1 aromatic carbocycles. The lowest BCUT2D eigenvalue weighted by molar-refractivity contribution is 0.0683. The van der Waals surface area contributed by atoms with Crippen molar-refractivity contribution in [2.45, 2.75) is 26.0 Å². The van der Waals surface area contributed by atoms with Crippen LogP contribution < -0.4 is 5.73 Å².